The lowest BCUT2D eigenvalue weighted by Gasteiger charge is -2.15. The molecule has 0 unspecified atom stereocenters. The highest BCUT2D eigenvalue weighted by Crippen LogP contribution is 2.20. The zero-order valence-electron chi connectivity index (χ0n) is 18.1. The van der Waals surface area contributed by atoms with Crippen LogP contribution in [-0.4, -0.2) is 44.5 Å². The Bertz CT molecular complexity index is 829. The second-order valence-electron chi connectivity index (χ2n) is 7.14. The highest BCUT2D eigenvalue weighted by molar-refractivity contribution is 5.93. The smallest absolute Gasteiger partial charge is 0.253 e. The Morgan fingerprint density at radius 3 is 2.38 bits per heavy atom. The van der Waals surface area contributed by atoms with Crippen LogP contribution in [0.2, 0.25) is 0 Å². The minimum Gasteiger partial charge on any atom is -0.493 e. The average molecular weight is 397 g/mol. The van der Waals surface area contributed by atoms with Gasteiger partial charge in [-0.15, -0.1) is 0 Å². The molecule has 0 saturated carbocycles. The van der Waals surface area contributed by atoms with Crippen LogP contribution in [0.3, 0.4) is 0 Å². The number of hydrogen-bond donors (Lipinski definition) is 2. The summed E-state index contributed by atoms with van der Waals surface area (Å²) in [5, 5.41) is 6.64. The molecule has 2 rings (SSSR count). The molecule has 6 heteroatoms. The monoisotopic (exact) mass is 396 g/mol. The standard InChI is InChI=1S/C23H32N4O2/c1-6-13-29-21-14-17(2)7-10-20(21)16-26-23(24-3)25-15-18-8-11-19(12-9-18)22(28)27(4)5/h7-12,14H,6,13,15-16H2,1-5H3,(H2,24,25,26). The Balaban J connectivity index is 1.92. The Morgan fingerprint density at radius 1 is 1.07 bits per heavy atom. The van der Waals surface area contributed by atoms with Crippen molar-refractivity contribution in [2.45, 2.75) is 33.4 Å². The molecule has 0 fully saturated rings. The van der Waals surface area contributed by atoms with E-state index < -0.39 is 0 Å². The fourth-order valence-corrected chi connectivity index (χ4v) is 2.76. The summed E-state index contributed by atoms with van der Waals surface area (Å²) in [4.78, 5) is 17.8. The zero-order valence-corrected chi connectivity index (χ0v) is 18.1. The third-order valence-electron chi connectivity index (χ3n) is 4.42. The highest BCUT2D eigenvalue weighted by Gasteiger charge is 2.08. The van der Waals surface area contributed by atoms with Gasteiger partial charge in [0.25, 0.3) is 5.91 Å². The van der Waals surface area contributed by atoms with Crippen molar-refractivity contribution in [3.05, 3.63) is 64.7 Å². The summed E-state index contributed by atoms with van der Waals surface area (Å²) >= 11 is 0. The molecule has 0 spiro atoms. The average Bonchev–Trinajstić information content (AvgIpc) is 2.73. The number of nitrogens with zero attached hydrogens (tertiary/aromatic N) is 2. The Morgan fingerprint density at radius 2 is 1.76 bits per heavy atom. The first-order valence-corrected chi connectivity index (χ1v) is 9.92. The van der Waals surface area contributed by atoms with Gasteiger partial charge in [-0.2, -0.15) is 0 Å². The molecule has 0 radical (unpaired) electrons. The van der Waals surface area contributed by atoms with Crippen LogP contribution in [0.5, 0.6) is 5.75 Å². The number of benzene rings is 2. The second kappa shape index (κ2) is 11.1. The minimum atomic E-state index is 0.00109. The van der Waals surface area contributed by atoms with Crippen molar-refractivity contribution in [3.63, 3.8) is 0 Å². The largest absolute Gasteiger partial charge is 0.493 e. The van der Waals surface area contributed by atoms with E-state index in [0.29, 0.717) is 31.2 Å². The van der Waals surface area contributed by atoms with E-state index in [1.54, 1.807) is 26.0 Å². The molecular weight excluding hydrogens is 364 g/mol. The molecule has 29 heavy (non-hydrogen) atoms. The van der Waals surface area contributed by atoms with Crippen LogP contribution in [0.1, 0.15) is 40.4 Å². The first-order chi connectivity index (χ1) is 13.9. The van der Waals surface area contributed by atoms with Crippen molar-refractivity contribution in [2.24, 2.45) is 4.99 Å². The van der Waals surface area contributed by atoms with Gasteiger partial charge in [0.05, 0.1) is 6.61 Å². The predicted octanol–water partition coefficient (Wildman–Crippen LogP) is 3.35. The maximum atomic E-state index is 12.0. The molecular formula is C23H32N4O2. The van der Waals surface area contributed by atoms with Crippen LogP contribution in [-0.2, 0) is 13.1 Å². The van der Waals surface area contributed by atoms with Crippen LogP contribution < -0.4 is 15.4 Å². The molecule has 0 saturated heterocycles. The molecule has 2 N–H and O–H groups in total. The molecule has 6 nitrogen and oxygen atoms in total. The van der Waals surface area contributed by atoms with E-state index >= 15 is 0 Å². The second-order valence-corrected chi connectivity index (χ2v) is 7.14. The minimum absolute atomic E-state index is 0.00109. The number of nitrogens with one attached hydrogen (secondary N) is 2. The lowest BCUT2D eigenvalue weighted by Crippen LogP contribution is -2.36. The fraction of sp³-hybridized carbons (Fsp3) is 0.391. The number of rotatable bonds is 8. The van der Waals surface area contributed by atoms with Crippen molar-refractivity contribution in [1.82, 2.24) is 15.5 Å². The van der Waals surface area contributed by atoms with Crippen molar-refractivity contribution < 1.29 is 9.53 Å². The van der Waals surface area contributed by atoms with Gasteiger partial charge in [0.2, 0.25) is 0 Å². The van der Waals surface area contributed by atoms with E-state index in [2.05, 4.69) is 47.7 Å². The summed E-state index contributed by atoms with van der Waals surface area (Å²) in [5.74, 6) is 1.62. The molecule has 0 aliphatic rings. The van der Waals surface area contributed by atoms with E-state index in [4.69, 9.17) is 4.74 Å². The van der Waals surface area contributed by atoms with Gasteiger partial charge in [-0.1, -0.05) is 31.2 Å². The van der Waals surface area contributed by atoms with Crippen LogP contribution in [0.4, 0.5) is 0 Å². The van der Waals surface area contributed by atoms with Crippen LogP contribution in [0, 0.1) is 6.92 Å². The molecule has 0 heterocycles. The number of hydrogen-bond acceptors (Lipinski definition) is 3. The van der Waals surface area contributed by atoms with Gasteiger partial charge >= 0.3 is 0 Å². The molecule has 2 aromatic carbocycles. The zero-order chi connectivity index (χ0) is 21.2. The number of carbonyl (C=O) groups excluding carboxylic acids is 1. The summed E-state index contributed by atoms with van der Waals surface area (Å²) in [7, 11) is 5.25. The topological polar surface area (TPSA) is 66.0 Å². The van der Waals surface area contributed by atoms with Crippen molar-refractivity contribution in [1.29, 1.82) is 0 Å². The normalized spacial score (nSPS) is 11.1. The van der Waals surface area contributed by atoms with E-state index in [9.17, 15) is 4.79 Å². The van der Waals surface area contributed by atoms with Crippen LogP contribution >= 0.6 is 0 Å². The summed E-state index contributed by atoms with van der Waals surface area (Å²) in [6, 6.07) is 13.8. The first kappa shape index (κ1) is 22.3. The highest BCUT2D eigenvalue weighted by atomic mass is 16.5. The number of carbonyl (C=O) groups is 1. The Hall–Kier alpha value is -3.02. The lowest BCUT2D eigenvalue weighted by atomic mass is 10.1. The van der Waals surface area contributed by atoms with Gasteiger partial charge in [0.15, 0.2) is 5.96 Å². The molecule has 0 aromatic heterocycles. The number of ether oxygens (including phenoxy) is 1. The summed E-state index contributed by atoms with van der Waals surface area (Å²) < 4.78 is 5.88. The summed E-state index contributed by atoms with van der Waals surface area (Å²) in [6.45, 7) is 6.10. The molecule has 156 valence electrons. The van der Waals surface area contributed by atoms with Gasteiger partial charge in [-0.05, 0) is 42.7 Å². The first-order valence-electron chi connectivity index (χ1n) is 9.92. The summed E-state index contributed by atoms with van der Waals surface area (Å²) in [5.41, 5.74) is 4.03. The number of guanidine groups is 1. The third kappa shape index (κ3) is 6.82. The van der Waals surface area contributed by atoms with E-state index in [-0.39, 0.29) is 5.91 Å². The van der Waals surface area contributed by atoms with Gasteiger partial charge in [0, 0.05) is 45.4 Å². The van der Waals surface area contributed by atoms with Gasteiger partial charge in [0.1, 0.15) is 5.75 Å². The third-order valence-corrected chi connectivity index (χ3v) is 4.42. The molecule has 0 atom stereocenters. The quantitative estimate of drug-likeness (QED) is 0.530. The van der Waals surface area contributed by atoms with Crippen molar-refractivity contribution in [2.75, 3.05) is 27.7 Å². The fourth-order valence-electron chi connectivity index (χ4n) is 2.76. The predicted molar refractivity (Wildman–Crippen MR) is 118 cm³/mol. The molecule has 0 bridgehead atoms. The van der Waals surface area contributed by atoms with Crippen LogP contribution in [0.15, 0.2) is 47.5 Å². The number of amides is 1. The Labute approximate surface area is 174 Å². The van der Waals surface area contributed by atoms with Gasteiger partial charge in [-0.3, -0.25) is 9.79 Å². The van der Waals surface area contributed by atoms with Gasteiger partial charge in [-0.25, -0.2) is 0 Å². The maximum absolute atomic E-state index is 12.0. The molecule has 0 aliphatic heterocycles. The molecule has 0 aliphatic carbocycles. The maximum Gasteiger partial charge on any atom is 0.253 e. The number of aryl methyl sites for hydroxylation is 1. The van der Waals surface area contributed by atoms with Gasteiger partial charge < -0.3 is 20.3 Å². The molecule has 2 aromatic rings. The SMILES string of the molecule is CCCOc1cc(C)ccc1CNC(=NC)NCc1ccc(C(=O)N(C)C)cc1. The van der Waals surface area contributed by atoms with Crippen LogP contribution in [0.25, 0.3) is 0 Å². The molecule has 1 amide bonds. The van der Waals surface area contributed by atoms with E-state index in [0.717, 1.165) is 23.3 Å². The Kier molecular flexibility index (Phi) is 8.52. The van der Waals surface area contributed by atoms with Crippen molar-refractivity contribution >= 4 is 11.9 Å². The van der Waals surface area contributed by atoms with E-state index in [1.165, 1.54) is 5.56 Å². The number of aliphatic imine (C=N–C) groups is 1. The summed E-state index contributed by atoms with van der Waals surface area (Å²) in [6.07, 6.45) is 0.975. The van der Waals surface area contributed by atoms with E-state index in [1.807, 2.05) is 24.3 Å². The lowest BCUT2D eigenvalue weighted by molar-refractivity contribution is 0.0827. The van der Waals surface area contributed by atoms with Crippen molar-refractivity contribution in [3.8, 4) is 5.75 Å².